The normalized spacial score (nSPS) is 14.9. The summed E-state index contributed by atoms with van der Waals surface area (Å²) in [7, 11) is 1.68. The van der Waals surface area contributed by atoms with E-state index in [0.717, 1.165) is 11.1 Å². The number of nitrogens with zero attached hydrogens (tertiary/aromatic N) is 1. The molecule has 0 amide bonds. The average Bonchev–Trinajstić information content (AvgIpc) is 2.28. The van der Waals surface area contributed by atoms with Crippen molar-refractivity contribution in [1.29, 1.82) is 0 Å². The van der Waals surface area contributed by atoms with E-state index >= 15 is 0 Å². The highest BCUT2D eigenvalue weighted by Crippen LogP contribution is 2.27. The van der Waals surface area contributed by atoms with Crippen LogP contribution < -0.4 is 17.0 Å². The Bertz CT molecular complexity index is 368. The number of nitrogens with one attached hydrogen (secondary N) is 1. The number of methoxy groups -OCH3 is 1. The summed E-state index contributed by atoms with van der Waals surface area (Å²) in [4.78, 5) is 4.15. The Balaban J connectivity index is 3.11. The first-order valence-electron chi connectivity index (χ1n) is 5.72. The van der Waals surface area contributed by atoms with Crippen LogP contribution in [0, 0.1) is 12.8 Å². The summed E-state index contributed by atoms with van der Waals surface area (Å²) in [6, 6.07) is 1.83. The largest absolute Gasteiger partial charge is 0.383 e. The first-order chi connectivity index (χ1) is 8.01. The van der Waals surface area contributed by atoms with Crippen molar-refractivity contribution in [3.8, 4) is 0 Å². The summed E-state index contributed by atoms with van der Waals surface area (Å²) >= 11 is 0. The number of aryl methyl sites for hydroxylation is 1. The van der Waals surface area contributed by atoms with Gasteiger partial charge in [-0.1, -0.05) is 13.8 Å². The molecule has 0 bridgehead atoms. The van der Waals surface area contributed by atoms with E-state index < -0.39 is 0 Å². The van der Waals surface area contributed by atoms with Gasteiger partial charge in [0.25, 0.3) is 0 Å². The van der Waals surface area contributed by atoms with Gasteiger partial charge in [0.2, 0.25) is 0 Å². The molecule has 17 heavy (non-hydrogen) atoms. The van der Waals surface area contributed by atoms with Gasteiger partial charge in [-0.2, -0.15) is 0 Å². The maximum Gasteiger partial charge on any atom is 0.128 e. The first-order valence-corrected chi connectivity index (χ1v) is 5.72. The van der Waals surface area contributed by atoms with Gasteiger partial charge in [0.05, 0.1) is 12.1 Å². The molecule has 0 aromatic carbocycles. The standard InChI is InChI=1S/C12H22N4O/c1-7(2)11(17-4)10(16-14)9-5-8(3)6-15-12(9)13/h5-7,10-11,16H,14H2,1-4H3,(H2,13,15). The molecule has 5 heteroatoms. The molecule has 1 aromatic rings. The number of aromatic nitrogens is 1. The number of hydrogen-bond acceptors (Lipinski definition) is 5. The molecule has 0 aliphatic rings. The molecule has 1 rings (SSSR count). The smallest absolute Gasteiger partial charge is 0.128 e. The highest BCUT2D eigenvalue weighted by atomic mass is 16.5. The van der Waals surface area contributed by atoms with E-state index in [0.29, 0.717) is 11.7 Å². The summed E-state index contributed by atoms with van der Waals surface area (Å²) < 4.78 is 5.49. The van der Waals surface area contributed by atoms with E-state index in [1.165, 1.54) is 0 Å². The van der Waals surface area contributed by atoms with E-state index in [1.807, 2.05) is 13.0 Å². The van der Waals surface area contributed by atoms with Gasteiger partial charge in [-0.3, -0.25) is 11.3 Å². The Kier molecular flexibility index (Phi) is 4.86. The third-order valence-corrected chi connectivity index (χ3v) is 2.86. The van der Waals surface area contributed by atoms with E-state index in [9.17, 15) is 0 Å². The predicted molar refractivity (Wildman–Crippen MR) is 69.1 cm³/mol. The fraction of sp³-hybridized carbons (Fsp3) is 0.583. The van der Waals surface area contributed by atoms with Crippen molar-refractivity contribution in [2.45, 2.75) is 32.9 Å². The second-order valence-electron chi connectivity index (χ2n) is 4.58. The lowest BCUT2D eigenvalue weighted by Gasteiger charge is -2.29. The minimum absolute atomic E-state index is 0.0501. The molecule has 0 aliphatic carbocycles. The Labute approximate surface area is 103 Å². The van der Waals surface area contributed by atoms with Gasteiger partial charge in [0.1, 0.15) is 5.82 Å². The number of nitrogens with two attached hydrogens (primary N) is 2. The van der Waals surface area contributed by atoms with Gasteiger partial charge in [-0.05, 0) is 24.5 Å². The SMILES string of the molecule is COC(C(C)C)C(NN)c1cc(C)cnc1N. The average molecular weight is 238 g/mol. The summed E-state index contributed by atoms with van der Waals surface area (Å²) in [6.45, 7) is 6.14. The lowest BCUT2D eigenvalue weighted by molar-refractivity contribution is 0.0327. The topological polar surface area (TPSA) is 86.2 Å². The maximum atomic E-state index is 5.90. The summed E-state index contributed by atoms with van der Waals surface area (Å²) in [5, 5.41) is 0. The fourth-order valence-electron chi connectivity index (χ4n) is 2.01. The molecule has 0 saturated carbocycles. The van der Waals surface area contributed by atoms with E-state index in [4.69, 9.17) is 16.3 Å². The van der Waals surface area contributed by atoms with Crippen LogP contribution in [0.25, 0.3) is 0 Å². The van der Waals surface area contributed by atoms with Crippen molar-refractivity contribution >= 4 is 5.82 Å². The molecule has 2 unspecified atom stereocenters. The number of hydrogen-bond donors (Lipinski definition) is 3. The molecule has 0 spiro atoms. The fourth-order valence-corrected chi connectivity index (χ4v) is 2.01. The molecule has 2 atom stereocenters. The maximum absolute atomic E-state index is 5.90. The molecule has 0 fully saturated rings. The number of nitrogen functional groups attached to an aromatic ring is 1. The minimum atomic E-state index is -0.160. The monoisotopic (exact) mass is 238 g/mol. The van der Waals surface area contributed by atoms with Crippen LogP contribution in [0.5, 0.6) is 0 Å². The molecule has 5 nitrogen and oxygen atoms in total. The first kappa shape index (κ1) is 13.9. The molecule has 5 N–H and O–H groups in total. The third-order valence-electron chi connectivity index (χ3n) is 2.86. The zero-order valence-electron chi connectivity index (χ0n) is 10.9. The molecular weight excluding hydrogens is 216 g/mol. The summed E-state index contributed by atoms with van der Waals surface area (Å²) in [6.07, 6.45) is 1.69. The van der Waals surface area contributed by atoms with Crippen LogP contribution in [-0.2, 0) is 4.74 Å². The molecular formula is C12H22N4O. The Morgan fingerprint density at radius 2 is 2.06 bits per heavy atom. The van der Waals surface area contributed by atoms with Gasteiger partial charge in [-0.25, -0.2) is 4.98 Å². The van der Waals surface area contributed by atoms with Gasteiger partial charge in [0, 0.05) is 18.9 Å². The van der Waals surface area contributed by atoms with Crippen molar-refractivity contribution in [3.63, 3.8) is 0 Å². The lowest BCUT2D eigenvalue weighted by Crippen LogP contribution is -2.40. The van der Waals surface area contributed by atoms with Crippen LogP contribution in [-0.4, -0.2) is 18.2 Å². The Hall–Kier alpha value is -1.17. The number of pyridine rings is 1. The van der Waals surface area contributed by atoms with Crippen LogP contribution in [0.4, 0.5) is 5.82 Å². The lowest BCUT2D eigenvalue weighted by atomic mass is 9.93. The van der Waals surface area contributed by atoms with Crippen LogP contribution in [0.2, 0.25) is 0 Å². The van der Waals surface area contributed by atoms with Crippen LogP contribution in [0.15, 0.2) is 12.3 Å². The minimum Gasteiger partial charge on any atom is -0.383 e. The number of hydrazine groups is 1. The van der Waals surface area contributed by atoms with Crippen molar-refractivity contribution in [3.05, 3.63) is 23.4 Å². The van der Waals surface area contributed by atoms with Crippen LogP contribution in [0.1, 0.15) is 31.0 Å². The third kappa shape index (κ3) is 3.15. The van der Waals surface area contributed by atoms with Gasteiger partial charge in [-0.15, -0.1) is 0 Å². The van der Waals surface area contributed by atoms with Crippen LogP contribution in [0.3, 0.4) is 0 Å². The zero-order valence-corrected chi connectivity index (χ0v) is 10.9. The highest BCUT2D eigenvalue weighted by molar-refractivity contribution is 5.43. The van der Waals surface area contributed by atoms with E-state index in [2.05, 4.69) is 24.3 Å². The summed E-state index contributed by atoms with van der Waals surface area (Å²) in [5.41, 5.74) is 10.6. The van der Waals surface area contributed by atoms with Gasteiger partial charge >= 0.3 is 0 Å². The van der Waals surface area contributed by atoms with Crippen molar-refractivity contribution in [1.82, 2.24) is 10.4 Å². The van der Waals surface area contributed by atoms with E-state index in [1.54, 1.807) is 13.3 Å². The molecule has 96 valence electrons. The highest BCUT2D eigenvalue weighted by Gasteiger charge is 2.27. The molecule has 0 radical (unpaired) electrons. The number of ether oxygens (including phenoxy) is 1. The van der Waals surface area contributed by atoms with Crippen molar-refractivity contribution in [2.75, 3.05) is 12.8 Å². The van der Waals surface area contributed by atoms with Crippen molar-refractivity contribution in [2.24, 2.45) is 11.8 Å². The zero-order chi connectivity index (χ0) is 13.0. The Morgan fingerprint density at radius 3 is 2.53 bits per heavy atom. The molecule has 1 aromatic heterocycles. The van der Waals surface area contributed by atoms with Crippen molar-refractivity contribution < 1.29 is 4.74 Å². The number of anilines is 1. The predicted octanol–water partition coefficient (Wildman–Crippen LogP) is 1.15. The van der Waals surface area contributed by atoms with Gasteiger partial charge < -0.3 is 10.5 Å². The number of rotatable bonds is 5. The van der Waals surface area contributed by atoms with Gasteiger partial charge in [0.15, 0.2) is 0 Å². The molecule has 0 aliphatic heterocycles. The second kappa shape index (κ2) is 5.95. The molecule has 1 heterocycles. The quantitative estimate of drug-likeness (QED) is 0.529. The summed E-state index contributed by atoms with van der Waals surface area (Å²) in [5.74, 6) is 6.43. The Morgan fingerprint density at radius 1 is 1.41 bits per heavy atom. The van der Waals surface area contributed by atoms with E-state index in [-0.39, 0.29) is 12.1 Å². The van der Waals surface area contributed by atoms with Crippen LogP contribution >= 0.6 is 0 Å². The second-order valence-corrected chi connectivity index (χ2v) is 4.58. The molecule has 0 saturated heterocycles.